The first-order valence-corrected chi connectivity index (χ1v) is 10.2. The minimum atomic E-state index is -3.47. The number of sulfonamides is 1. The van der Waals surface area contributed by atoms with Crippen molar-refractivity contribution in [3.05, 3.63) is 77.4 Å². The molecule has 0 amide bonds. The fraction of sp³-hybridized carbons (Fsp3) is 0.333. The van der Waals surface area contributed by atoms with Crippen molar-refractivity contribution in [3.63, 3.8) is 0 Å². The van der Waals surface area contributed by atoms with Crippen LogP contribution in [0.15, 0.2) is 71.1 Å². The van der Waals surface area contributed by atoms with Crippen LogP contribution in [0, 0.1) is 6.92 Å². The molecule has 0 aliphatic carbocycles. The van der Waals surface area contributed by atoms with Gasteiger partial charge in [0.05, 0.1) is 4.90 Å². The Morgan fingerprint density at radius 2 is 1.68 bits per heavy atom. The standard InChI is InChI=1S/C21H25NO2S/c1-17-8-12-21(13-9-17)25(23,24)22-15-14-18(2)16-20(22)11-10-19-6-4-3-5-7-19/h3-9,12-13,16,20H,10-11,14-15H2,1-2H3. The van der Waals surface area contributed by atoms with Gasteiger partial charge in [-0.25, -0.2) is 8.42 Å². The van der Waals surface area contributed by atoms with Gasteiger partial charge in [-0.1, -0.05) is 59.7 Å². The zero-order chi connectivity index (χ0) is 17.9. The highest BCUT2D eigenvalue weighted by atomic mass is 32.2. The van der Waals surface area contributed by atoms with E-state index in [1.807, 2.05) is 37.3 Å². The first-order chi connectivity index (χ1) is 12.0. The van der Waals surface area contributed by atoms with Crippen LogP contribution in [0.1, 0.15) is 30.9 Å². The Labute approximate surface area is 151 Å². The van der Waals surface area contributed by atoms with Gasteiger partial charge in [0.15, 0.2) is 0 Å². The average Bonchev–Trinajstić information content (AvgIpc) is 2.61. The maximum absolute atomic E-state index is 13.1. The Bertz CT molecular complexity index is 839. The van der Waals surface area contributed by atoms with Gasteiger partial charge in [-0.05, 0) is 50.8 Å². The molecule has 0 aromatic heterocycles. The highest BCUT2D eigenvalue weighted by molar-refractivity contribution is 7.89. The van der Waals surface area contributed by atoms with Gasteiger partial charge in [0.1, 0.15) is 0 Å². The Balaban J connectivity index is 1.83. The predicted molar refractivity (Wildman–Crippen MR) is 102 cm³/mol. The first-order valence-electron chi connectivity index (χ1n) is 8.76. The third kappa shape index (κ3) is 4.20. The quantitative estimate of drug-likeness (QED) is 0.748. The molecule has 132 valence electrons. The third-order valence-corrected chi connectivity index (χ3v) is 6.71. The predicted octanol–water partition coefficient (Wildman–Crippen LogP) is 4.34. The van der Waals surface area contributed by atoms with E-state index in [-0.39, 0.29) is 6.04 Å². The second-order valence-electron chi connectivity index (χ2n) is 6.78. The van der Waals surface area contributed by atoms with E-state index in [1.165, 1.54) is 11.1 Å². The van der Waals surface area contributed by atoms with Crippen LogP contribution < -0.4 is 0 Å². The number of hydrogen-bond acceptors (Lipinski definition) is 2. The SMILES string of the molecule is CC1=CC(CCc2ccccc2)N(S(=O)(=O)c2ccc(C)cc2)CC1. The fourth-order valence-corrected chi connectivity index (χ4v) is 4.88. The minimum Gasteiger partial charge on any atom is -0.207 e. The lowest BCUT2D eigenvalue weighted by Crippen LogP contribution is -2.42. The summed E-state index contributed by atoms with van der Waals surface area (Å²) in [6, 6.07) is 17.3. The van der Waals surface area contributed by atoms with Crippen molar-refractivity contribution in [1.82, 2.24) is 4.31 Å². The van der Waals surface area contributed by atoms with Gasteiger partial charge in [-0.3, -0.25) is 0 Å². The highest BCUT2D eigenvalue weighted by Gasteiger charge is 2.32. The topological polar surface area (TPSA) is 37.4 Å². The van der Waals surface area contributed by atoms with Gasteiger partial charge in [-0.2, -0.15) is 4.31 Å². The summed E-state index contributed by atoms with van der Waals surface area (Å²) in [7, 11) is -3.47. The molecule has 0 N–H and O–H groups in total. The number of aryl methyl sites for hydroxylation is 2. The molecule has 1 aliphatic heterocycles. The first kappa shape index (κ1) is 17.9. The molecular weight excluding hydrogens is 330 g/mol. The third-order valence-electron chi connectivity index (χ3n) is 4.77. The van der Waals surface area contributed by atoms with Gasteiger partial charge in [0, 0.05) is 12.6 Å². The maximum atomic E-state index is 13.1. The average molecular weight is 356 g/mol. The maximum Gasteiger partial charge on any atom is 0.243 e. The second kappa shape index (κ2) is 7.54. The van der Waals surface area contributed by atoms with Crippen LogP contribution in [0.2, 0.25) is 0 Å². The molecule has 0 saturated carbocycles. The van der Waals surface area contributed by atoms with E-state index in [1.54, 1.807) is 16.4 Å². The summed E-state index contributed by atoms with van der Waals surface area (Å²) in [5.74, 6) is 0. The van der Waals surface area contributed by atoms with E-state index in [0.29, 0.717) is 11.4 Å². The summed E-state index contributed by atoms with van der Waals surface area (Å²) in [6.07, 6.45) is 4.59. The summed E-state index contributed by atoms with van der Waals surface area (Å²) in [6.45, 7) is 4.61. The zero-order valence-electron chi connectivity index (χ0n) is 14.9. The summed E-state index contributed by atoms with van der Waals surface area (Å²) in [4.78, 5) is 0.385. The zero-order valence-corrected chi connectivity index (χ0v) is 15.7. The van der Waals surface area contributed by atoms with Gasteiger partial charge < -0.3 is 0 Å². The monoisotopic (exact) mass is 355 g/mol. The normalized spacial score (nSPS) is 18.8. The molecule has 1 heterocycles. The van der Waals surface area contributed by atoms with Gasteiger partial charge in [0.25, 0.3) is 0 Å². The summed E-state index contributed by atoms with van der Waals surface area (Å²) in [5.41, 5.74) is 3.58. The van der Waals surface area contributed by atoms with Gasteiger partial charge in [-0.15, -0.1) is 0 Å². The second-order valence-corrected chi connectivity index (χ2v) is 8.67. The van der Waals surface area contributed by atoms with Gasteiger partial charge >= 0.3 is 0 Å². The van der Waals surface area contributed by atoms with E-state index in [0.717, 1.165) is 24.8 Å². The van der Waals surface area contributed by atoms with Crippen LogP contribution in [0.4, 0.5) is 0 Å². The van der Waals surface area contributed by atoms with Crippen molar-refractivity contribution < 1.29 is 8.42 Å². The largest absolute Gasteiger partial charge is 0.243 e. The number of nitrogens with zero attached hydrogens (tertiary/aromatic N) is 1. The molecule has 1 unspecified atom stereocenters. The smallest absolute Gasteiger partial charge is 0.207 e. The summed E-state index contributed by atoms with van der Waals surface area (Å²) in [5, 5.41) is 0. The Morgan fingerprint density at radius 1 is 1.00 bits per heavy atom. The van der Waals surface area contributed by atoms with Crippen molar-refractivity contribution in [1.29, 1.82) is 0 Å². The minimum absolute atomic E-state index is 0.0831. The van der Waals surface area contributed by atoms with Crippen molar-refractivity contribution in [3.8, 4) is 0 Å². The number of hydrogen-bond donors (Lipinski definition) is 0. The van der Waals surface area contributed by atoms with Crippen molar-refractivity contribution in [2.45, 2.75) is 44.0 Å². The van der Waals surface area contributed by atoms with Crippen LogP contribution >= 0.6 is 0 Å². The van der Waals surface area contributed by atoms with Crippen molar-refractivity contribution >= 4 is 10.0 Å². The van der Waals surface area contributed by atoms with Crippen LogP contribution in [0.3, 0.4) is 0 Å². The van der Waals surface area contributed by atoms with Gasteiger partial charge in [0.2, 0.25) is 10.0 Å². The molecule has 3 nitrogen and oxygen atoms in total. The molecule has 4 heteroatoms. The molecule has 2 aromatic carbocycles. The molecule has 1 atom stereocenters. The molecular formula is C21H25NO2S. The molecule has 3 rings (SSSR count). The van der Waals surface area contributed by atoms with Crippen molar-refractivity contribution in [2.24, 2.45) is 0 Å². The van der Waals surface area contributed by atoms with Crippen LogP contribution in [-0.2, 0) is 16.4 Å². The van der Waals surface area contributed by atoms with E-state index in [2.05, 4.69) is 25.1 Å². The molecule has 0 saturated heterocycles. The van der Waals surface area contributed by atoms with E-state index >= 15 is 0 Å². The lowest BCUT2D eigenvalue weighted by Gasteiger charge is -2.33. The molecule has 0 radical (unpaired) electrons. The molecule has 2 aromatic rings. The molecule has 25 heavy (non-hydrogen) atoms. The lowest BCUT2D eigenvalue weighted by molar-refractivity contribution is 0.334. The number of benzene rings is 2. The van der Waals surface area contributed by atoms with E-state index in [4.69, 9.17) is 0 Å². The van der Waals surface area contributed by atoms with Crippen molar-refractivity contribution in [2.75, 3.05) is 6.54 Å². The van der Waals surface area contributed by atoms with E-state index < -0.39 is 10.0 Å². The Hall–Kier alpha value is -1.91. The molecule has 0 spiro atoms. The molecule has 0 bridgehead atoms. The van der Waals surface area contributed by atoms with Crippen LogP contribution in [0.25, 0.3) is 0 Å². The lowest BCUT2D eigenvalue weighted by atomic mass is 9.99. The van der Waals surface area contributed by atoms with Crippen LogP contribution in [0.5, 0.6) is 0 Å². The van der Waals surface area contributed by atoms with E-state index in [9.17, 15) is 8.42 Å². The molecule has 0 fully saturated rings. The fourth-order valence-electron chi connectivity index (χ4n) is 3.28. The molecule has 1 aliphatic rings. The highest BCUT2D eigenvalue weighted by Crippen LogP contribution is 2.27. The summed E-state index contributed by atoms with van der Waals surface area (Å²) < 4.78 is 27.9. The Morgan fingerprint density at radius 3 is 2.36 bits per heavy atom. The number of rotatable bonds is 5. The Kier molecular flexibility index (Phi) is 5.40. The van der Waals surface area contributed by atoms with Crippen LogP contribution in [-0.4, -0.2) is 25.3 Å². The summed E-state index contributed by atoms with van der Waals surface area (Å²) >= 11 is 0.